The highest BCUT2D eigenvalue weighted by Crippen LogP contribution is 2.12. The van der Waals surface area contributed by atoms with E-state index in [9.17, 15) is 0 Å². The van der Waals surface area contributed by atoms with Gasteiger partial charge in [0.2, 0.25) is 0 Å². The summed E-state index contributed by atoms with van der Waals surface area (Å²) in [6, 6.07) is 7.93. The van der Waals surface area contributed by atoms with Crippen LogP contribution in [-0.4, -0.2) is 31.4 Å². The Balaban J connectivity index is 2.15. The zero-order valence-corrected chi connectivity index (χ0v) is 10.0. The molecular weight excluding hydrogens is 293 g/mol. The van der Waals surface area contributed by atoms with Gasteiger partial charge in [0.1, 0.15) is 12.4 Å². The van der Waals surface area contributed by atoms with Gasteiger partial charge in [0.25, 0.3) is 0 Å². The molecule has 1 rings (SSSR count). The average molecular weight is 307 g/mol. The van der Waals surface area contributed by atoms with E-state index in [-0.39, 0.29) is 6.61 Å². The van der Waals surface area contributed by atoms with E-state index in [1.807, 2.05) is 24.3 Å². The average Bonchev–Trinajstić information content (AvgIpc) is 2.21. The molecule has 0 amide bonds. The first-order valence-electron chi connectivity index (χ1n) is 4.53. The van der Waals surface area contributed by atoms with Gasteiger partial charge in [-0.2, -0.15) is 0 Å². The summed E-state index contributed by atoms with van der Waals surface area (Å²) in [5, 5.41) is 11.5. The van der Waals surface area contributed by atoms with Crippen molar-refractivity contribution in [2.24, 2.45) is 0 Å². The van der Waals surface area contributed by atoms with E-state index < -0.39 is 0 Å². The predicted molar refractivity (Wildman–Crippen MR) is 64.6 cm³/mol. The Morgan fingerprint density at radius 1 is 1.21 bits per heavy atom. The van der Waals surface area contributed by atoms with Gasteiger partial charge in [-0.1, -0.05) is 0 Å². The Kier molecular flexibility index (Phi) is 5.89. The van der Waals surface area contributed by atoms with Gasteiger partial charge in [-0.25, -0.2) is 0 Å². The van der Waals surface area contributed by atoms with E-state index in [4.69, 9.17) is 9.84 Å². The number of hydrogen-bond donors (Lipinski definition) is 2. The van der Waals surface area contributed by atoms with Gasteiger partial charge < -0.3 is 15.2 Å². The molecule has 1 aromatic carbocycles. The van der Waals surface area contributed by atoms with Crippen molar-refractivity contribution < 1.29 is 9.84 Å². The molecule has 4 heteroatoms. The molecule has 0 aromatic heterocycles. The Hall–Kier alpha value is -0.330. The fourth-order valence-corrected chi connectivity index (χ4v) is 1.34. The normalized spacial score (nSPS) is 10.1. The largest absolute Gasteiger partial charge is 0.492 e. The maximum absolute atomic E-state index is 8.51. The molecule has 0 aliphatic rings. The second-order valence-electron chi connectivity index (χ2n) is 2.78. The van der Waals surface area contributed by atoms with Gasteiger partial charge in [-0.3, -0.25) is 0 Å². The molecular formula is C10H14INO2. The number of rotatable bonds is 6. The Morgan fingerprint density at radius 3 is 2.57 bits per heavy atom. The molecule has 0 fully saturated rings. The van der Waals surface area contributed by atoms with Crippen LogP contribution in [0.1, 0.15) is 0 Å². The maximum atomic E-state index is 8.51. The van der Waals surface area contributed by atoms with Crippen LogP contribution in [0.4, 0.5) is 0 Å². The minimum atomic E-state index is 0.170. The summed E-state index contributed by atoms with van der Waals surface area (Å²) < 4.78 is 6.66. The van der Waals surface area contributed by atoms with Crippen LogP contribution in [-0.2, 0) is 0 Å². The number of aliphatic hydroxyl groups excluding tert-OH is 1. The smallest absolute Gasteiger partial charge is 0.119 e. The van der Waals surface area contributed by atoms with Crippen LogP contribution in [0.3, 0.4) is 0 Å². The summed E-state index contributed by atoms with van der Waals surface area (Å²) in [6.45, 7) is 2.17. The zero-order chi connectivity index (χ0) is 10.2. The van der Waals surface area contributed by atoms with Crippen LogP contribution < -0.4 is 10.1 Å². The number of aliphatic hydroxyl groups is 1. The van der Waals surface area contributed by atoms with Gasteiger partial charge in [0.05, 0.1) is 6.61 Å². The van der Waals surface area contributed by atoms with E-state index in [0.29, 0.717) is 13.2 Å². The monoisotopic (exact) mass is 307 g/mol. The predicted octanol–water partition coefficient (Wildman–Crippen LogP) is 1.25. The summed E-state index contributed by atoms with van der Waals surface area (Å²) in [5.41, 5.74) is 0. The van der Waals surface area contributed by atoms with Crippen molar-refractivity contribution in [1.29, 1.82) is 0 Å². The highest BCUT2D eigenvalue weighted by Gasteiger charge is 1.92. The zero-order valence-electron chi connectivity index (χ0n) is 7.87. The second-order valence-corrected chi connectivity index (χ2v) is 4.02. The third-order valence-electron chi connectivity index (χ3n) is 1.65. The molecule has 0 radical (unpaired) electrons. The summed E-state index contributed by atoms with van der Waals surface area (Å²) in [4.78, 5) is 0. The van der Waals surface area contributed by atoms with E-state index in [1.54, 1.807) is 0 Å². The van der Waals surface area contributed by atoms with Crippen molar-refractivity contribution in [2.45, 2.75) is 0 Å². The van der Waals surface area contributed by atoms with Crippen molar-refractivity contribution in [3.63, 3.8) is 0 Å². The number of benzene rings is 1. The number of ether oxygens (including phenoxy) is 1. The molecule has 1 aromatic rings. The lowest BCUT2D eigenvalue weighted by atomic mass is 10.3. The van der Waals surface area contributed by atoms with Gasteiger partial charge >= 0.3 is 0 Å². The fourth-order valence-electron chi connectivity index (χ4n) is 0.976. The molecule has 14 heavy (non-hydrogen) atoms. The summed E-state index contributed by atoms with van der Waals surface area (Å²) in [5.74, 6) is 0.885. The topological polar surface area (TPSA) is 41.5 Å². The standard InChI is InChI=1S/C10H14INO2/c11-9-1-3-10(4-2-9)14-8-6-12-5-7-13/h1-4,12-13H,5-8H2. The number of hydrogen-bond acceptors (Lipinski definition) is 3. The van der Waals surface area contributed by atoms with Crippen LogP contribution in [0, 0.1) is 3.57 Å². The Morgan fingerprint density at radius 2 is 1.93 bits per heavy atom. The molecule has 0 atom stereocenters. The first-order chi connectivity index (χ1) is 6.83. The summed E-state index contributed by atoms with van der Waals surface area (Å²) in [6.07, 6.45) is 0. The quantitative estimate of drug-likeness (QED) is 0.614. The van der Waals surface area contributed by atoms with Gasteiger partial charge in [-0.05, 0) is 46.9 Å². The molecule has 0 aliphatic carbocycles. The van der Waals surface area contributed by atoms with Crippen LogP contribution in [0.2, 0.25) is 0 Å². The van der Waals surface area contributed by atoms with Crippen molar-refractivity contribution in [2.75, 3.05) is 26.3 Å². The molecule has 0 bridgehead atoms. The lowest BCUT2D eigenvalue weighted by Crippen LogP contribution is -2.23. The second kappa shape index (κ2) is 7.03. The number of nitrogens with one attached hydrogen (secondary N) is 1. The Labute approximate surface area is 97.6 Å². The Bertz CT molecular complexity index is 251. The summed E-state index contributed by atoms with van der Waals surface area (Å²) >= 11 is 2.26. The SMILES string of the molecule is OCCNCCOc1ccc(I)cc1. The molecule has 0 saturated carbocycles. The third-order valence-corrected chi connectivity index (χ3v) is 2.37. The van der Waals surface area contributed by atoms with E-state index in [1.165, 1.54) is 3.57 Å². The minimum absolute atomic E-state index is 0.170. The molecule has 0 saturated heterocycles. The maximum Gasteiger partial charge on any atom is 0.119 e. The summed E-state index contributed by atoms with van der Waals surface area (Å²) in [7, 11) is 0. The van der Waals surface area contributed by atoms with Crippen LogP contribution in [0.15, 0.2) is 24.3 Å². The van der Waals surface area contributed by atoms with E-state index >= 15 is 0 Å². The first kappa shape index (κ1) is 11.7. The van der Waals surface area contributed by atoms with Gasteiger partial charge in [0, 0.05) is 16.7 Å². The molecule has 0 heterocycles. The van der Waals surface area contributed by atoms with E-state index in [0.717, 1.165) is 12.3 Å². The van der Waals surface area contributed by atoms with Crippen LogP contribution in [0.5, 0.6) is 5.75 Å². The van der Waals surface area contributed by atoms with Crippen molar-refractivity contribution in [1.82, 2.24) is 5.32 Å². The lowest BCUT2D eigenvalue weighted by molar-refractivity contribution is 0.276. The fraction of sp³-hybridized carbons (Fsp3) is 0.400. The molecule has 3 nitrogen and oxygen atoms in total. The number of halogens is 1. The molecule has 2 N–H and O–H groups in total. The van der Waals surface area contributed by atoms with Crippen LogP contribution in [0.25, 0.3) is 0 Å². The van der Waals surface area contributed by atoms with Gasteiger partial charge in [-0.15, -0.1) is 0 Å². The van der Waals surface area contributed by atoms with Crippen molar-refractivity contribution >= 4 is 22.6 Å². The first-order valence-corrected chi connectivity index (χ1v) is 5.61. The third kappa shape index (κ3) is 4.78. The van der Waals surface area contributed by atoms with Crippen molar-refractivity contribution in [3.05, 3.63) is 27.8 Å². The van der Waals surface area contributed by atoms with E-state index in [2.05, 4.69) is 27.9 Å². The highest BCUT2D eigenvalue weighted by atomic mass is 127. The molecule has 78 valence electrons. The lowest BCUT2D eigenvalue weighted by Gasteiger charge is -2.06. The molecule has 0 unspecified atom stereocenters. The van der Waals surface area contributed by atoms with Crippen molar-refractivity contribution in [3.8, 4) is 5.75 Å². The highest BCUT2D eigenvalue weighted by molar-refractivity contribution is 14.1. The molecule has 0 aliphatic heterocycles. The molecule has 0 spiro atoms. The van der Waals surface area contributed by atoms with Gasteiger partial charge in [0.15, 0.2) is 0 Å². The van der Waals surface area contributed by atoms with Crippen LogP contribution >= 0.6 is 22.6 Å². The minimum Gasteiger partial charge on any atom is -0.492 e.